The van der Waals surface area contributed by atoms with Gasteiger partial charge in [0.25, 0.3) is 5.91 Å². The maximum atomic E-state index is 12.2. The lowest BCUT2D eigenvalue weighted by Gasteiger charge is -2.14. The quantitative estimate of drug-likeness (QED) is 0.834. The van der Waals surface area contributed by atoms with Crippen LogP contribution in [0.5, 0.6) is 0 Å². The van der Waals surface area contributed by atoms with Crippen LogP contribution in [0.2, 0.25) is 0 Å². The lowest BCUT2D eigenvalue weighted by atomic mass is 10.2. The Morgan fingerprint density at radius 1 is 1.50 bits per heavy atom. The van der Waals surface area contributed by atoms with Crippen molar-refractivity contribution in [1.29, 1.82) is 0 Å². The number of aromatic nitrogens is 1. The van der Waals surface area contributed by atoms with E-state index in [1.165, 1.54) is 0 Å². The molecule has 1 aliphatic heterocycles. The lowest BCUT2D eigenvalue weighted by molar-refractivity contribution is -0.125. The monoisotopic (exact) mass is 278 g/mol. The van der Waals surface area contributed by atoms with Gasteiger partial charge in [0, 0.05) is 23.3 Å². The minimum Gasteiger partial charge on any atom is -0.329 e. The Balaban J connectivity index is 1.75. The number of carbonyl (C=O) groups excluding carboxylic acids is 1. The number of thiazole rings is 1. The summed E-state index contributed by atoms with van der Waals surface area (Å²) >= 11 is 3.47. The number of carbonyl (C=O) groups is 1. The molecule has 1 aliphatic carbocycles. The smallest absolute Gasteiger partial charge is 0.250 e. The number of hydrogen-bond acceptors (Lipinski definition) is 4. The summed E-state index contributed by atoms with van der Waals surface area (Å²) in [5, 5.41) is 3.12. The minimum atomic E-state index is 0.193. The number of nitrogens with zero attached hydrogens (tertiary/aromatic N) is 2. The van der Waals surface area contributed by atoms with Crippen molar-refractivity contribution in [3.8, 4) is 0 Å². The number of aryl methyl sites for hydroxylation is 1. The molecule has 1 aromatic rings. The second-order valence-corrected chi connectivity index (χ2v) is 6.53. The van der Waals surface area contributed by atoms with Crippen molar-refractivity contribution < 1.29 is 4.79 Å². The molecule has 1 aromatic heterocycles. The third-order valence-electron chi connectivity index (χ3n) is 3.10. The highest BCUT2D eigenvalue weighted by Crippen LogP contribution is 2.29. The van der Waals surface area contributed by atoms with Crippen LogP contribution in [0.4, 0.5) is 0 Å². The van der Waals surface area contributed by atoms with Crippen LogP contribution in [0, 0.1) is 6.92 Å². The van der Waals surface area contributed by atoms with Gasteiger partial charge in [0.05, 0.1) is 16.6 Å². The fourth-order valence-corrected chi connectivity index (χ4v) is 3.69. The molecular formula is C13H14N2OS2. The summed E-state index contributed by atoms with van der Waals surface area (Å²) in [6.07, 6.45) is 4.84. The van der Waals surface area contributed by atoms with E-state index in [-0.39, 0.29) is 5.91 Å². The van der Waals surface area contributed by atoms with Crippen LogP contribution in [0.3, 0.4) is 0 Å². The Labute approximate surface area is 115 Å². The number of hydrogen-bond donors (Lipinski definition) is 0. The zero-order valence-electron chi connectivity index (χ0n) is 10.2. The van der Waals surface area contributed by atoms with E-state index in [9.17, 15) is 4.79 Å². The van der Waals surface area contributed by atoms with Crippen molar-refractivity contribution in [2.75, 3.05) is 18.2 Å². The van der Waals surface area contributed by atoms with Gasteiger partial charge in [-0.2, -0.15) is 0 Å². The summed E-state index contributed by atoms with van der Waals surface area (Å²) in [5.41, 5.74) is 2.99. The Morgan fingerprint density at radius 2 is 2.39 bits per heavy atom. The fraction of sp³-hybridized carbons (Fsp3) is 0.385. The first-order valence-electron chi connectivity index (χ1n) is 5.94. The Hall–Kier alpha value is -1.07. The van der Waals surface area contributed by atoms with E-state index in [2.05, 4.69) is 16.4 Å². The predicted octanol–water partition coefficient (Wildman–Crippen LogP) is 2.70. The van der Waals surface area contributed by atoms with Crippen LogP contribution in [-0.4, -0.2) is 34.0 Å². The first-order chi connectivity index (χ1) is 8.74. The molecule has 0 unspecified atom stereocenters. The zero-order chi connectivity index (χ0) is 12.5. The molecule has 94 valence electrons. The standard InChI is InChI=1S/C13H14N2OS2/c1-9-14-12(7-18-9)10-2-3-11(6-10)13(16)15-4-5-17-8-15/h2,6-7H,3-5,8H2,1H3. The van der Waals surface area contributed by atoms with Crippen LogP contribution in [-0.2, 0) is 4.79 Å². The van der Waals surface area contributed by atoms with Gasteiger partial charge in [-0.05, 0) is 25.0 Å². The van der Waals surface area contributed by atoms with Crippen molar-refractivity contribution in [2.45, 2.75) is 13.3 Å². The van der Waals surface area contributed by atoms with E-state index in [1.807, 2.05) is 29.7 Å². The van der Waals surface area contributed by atoms with Gasteiger partial charge in [0.15, 0.2) is 0 Å². The molecule has 2 aliphatic rings. The molecule has 3 nitrogen and oxygen atoms in total. The van der Waals surface area contributed by atoms with Crippen LogP contribution in [0.15, 0.2) is 23.1 Å². The van der Waals surface area contributed by atoms with Crippen molar-refractivity contribution in [2.24, 2.45) is 0 Å². The molecular weight excluding hydrogens is 264 g/mol. The van der Waals surface area contributed by atoms with E-state index in [0.717, 1.165) is 46.4 Å². The summed E-state index contributed by atoms with van der Waals surface area (Å²) in [7, 11) is 0. The highest BCUT2D eigenvalue weighted by Gasteiger charge is 2.24. The molecule has 1 amide bonds. The van der Waals surface area contributed by atoms with E-state index in [1.54, 1.807) is 11.3 Å². The van der Waals surface area contributed by atoms with Crippen molar-refractivity contribution in [3.63, 3.8) is 0 Å². The maximum Gasteiger partial charge on any atom is 0.250 e. The van der Waals surface area contributed by atoms with Gasteiger partial charge < -0.3 is 4.90 Å². The molecule has 18 heavy (non-hydrogen) atoms. The van der Waals surface area contributed by atoms with Crippen molar-refractivity contribution in [1.82, 2.24) is 9.88 Å². The lowest BCUT2D eigenvalue weighted by Crippen LogP contribution is -2.28. The number of rotatable bonds is 2. The average molecular weight is 278 g/mol. The average Bonchev–Trinajstić information content (AvgIpc) is 3.09. The van der Waals surface area contributed by atoms with Gasteiger partial charge in [-0.1, -0.05) is 6.08 Å². The molecule has 5 heteroatoms. The van der Waals surface area contributed by atoms with Crippen LogP contribution >= 0.6 is 23.1 Å². The van der Waals surface area contributed by atoms with Crippen LogP contribution < -0.4 is 0 Å². The molecule has 0 saturated carbocycles. The Bertz CT molecular complexity index is 539. The third kappa shape index (κ3) is 2.24. The van der Waals surface area contributed by atoms with Gasteiger partial charge in [-0.25, -0.2) is 4.98 Å². The predicted molar refractivity (Wildman–Crippen MR) is 76.6 cm³/mol. The highest BCUT2D eigenvalue weighted by molar-refractivity contribution is 7.99. The molecule has 0 aromatic carbocycles. The normalized spacial score (nSPS) is 19.1. The molecule has 0 bridgehead atoms. The third-order valence-corrected chi connectivity index (χ3v) is 4.84. The summed E-state index contributed by atoms with van der Waals surface area (Å²) in [6, 6.07) is 0. The van der Waals surface area contributed by atoms with Gasteiger partial charge in [-0.3, -0.25) is 4.79 Å². The van der Waals surface area contributed by atoms with E-state index in [4.69, 9.17) is 0 Å². The van der Waals surface area contributed by atoms with Gasteiger partial charge >= 0.3 is 0 Å². The second kappa shape index (κ2) is 4.90. The van der Waals surface area contributed by atoms with E-state index < -0.39 is 0 Å². The number of thioether (sulfide) groups is 1. The van der Waals surface area contributed by atoms with Crippen LogP contribution in [0.25, 0.3) is 5.57 Å². The van der Waals surface area contributed by atoms with E-state index >= 15 is 0 Å². The molecule has 0 N–H and O–H groups in total. The van der Waals surface area contributed by atoms with Crippen molar-refractivity contribution >= 4 is 34.6 Å². The Morgan fingerprint density at radius 3 is 3.06 bits per heavy atom. The molecule has 1 saturated heterocycles. The first kappa shape index (κ1) is 12.0. The number of allylic oxidation sites excluding steroid dienone is 3. The molecule has 3 rings (SSSR count). The fourth-order valence-electron chi connectivity index (χ4n) is 2.13. The molecule has 0 spiro atoms. The highest BCUT2D eigenvalue weighted by atomic mass is 32.2. The molecule has 0 radical (unpaired) electrons. The SMILES string of the molecule is Cc1nc(C2=CCC(C(=O)N3CCSC3)=C2)cs1. The Kier molecular flexibility index (Phi) is 3.26. The molecule has 2 heterocycles. The van der Waals surface area contributed by atoms with Crippen molar-refractivity contribution in [3.05, 3.63) is 33.8 Å². The topological polar surface area (TPSA) is 33.2 Å². The molecule has 1 fully saturated rings. The zero-order valence-corrected chi connectivity index (χ0v) is 11.8. The number of amides is 1. The minimum absolute atomic E-state index is 0.193. The summed E-state index contributed by atoms with van der Waals surface area (Å²) in [4.78, 5) is 18.6. The summed E-state index contributed by atoms with van der Waals surface area (Å²) in [5.74, 6) is 2.09. The maximum absolute atomic E-state index is 12.2. The second-order valence-electron chi connectivity index (χ2n) is 4.39. The van der Waals surface area contributed by atoms with Gasteiger partial charge in [-0.15, -0.1) is 23.1 Å². The van der Waals surface area contributed by atoms with Gasteiger partial charge in [0.1, 0.15) is 0 Å². The summed E-state index contributed by atoms with van der Waals surface area (Å²) in [6.45, 7) is 2.88. The summed E-state index contributed by atoms with van der Waals surface area (Å²) < 4.78 is 0. The van der Waals surface area contributed by atoms with Crippen LogP contribution in [0.1, 0.15) is 17.1 Å². The molecule has 0 atom stereocenters. The first-order valence-corrected chi connectivity index (χ1v) is 7.98. The van der Waals surface area contributed by atoms with E-state index in [0.29, 0.717) is 0 Å². The van der Waals surface area contributed by atoms with Gasteiger partial charge in [0.2, 0.25) is 0 Å². The largest absolute Gasteiger partial charge is 0.329 e.